The van der Waals surface area contributed by atoms with Crippen LogP contribution in [0.5, 0.6) is 17.2 Å². The minimum atomic E-state index is -0.230. The smallest absolute Gasteiger partial charge is 0.262 e. The second-order valence-corrected chi connectivity index (χ2v) is 6.04. The van der Waals surface area contributed by atoms with Crippen molar-refractivity contribution in [1.82, 2.24) is 0 Å². The van der Waals surface area contributed by atoms with Crippen molar-refractivity contribution in [2.75, 3.05) is 18.5 Å². The van der Waals surface area contributed by atoms with Crippen LogP contribution in [0.1, 0.15) is 12.5 Å². The molecule has 0 atom stereocenters. The first-order valence-electron chi connectivity index (χ1n) is 9.15. The van der Waals surface area contributed by atoms with Crippen LogP contribution in [-0.4, -0.2) is 19.1 Å². The predicted molar refractivity (Wildman–Crippen MR) is 109 cm³/mol. The molecular weight excluding hydrogens is 354 g/mol. The van der Waals surface area contributed by atoms with Crippen molar-refractivity contribution in [3.63, 3.8) is 0 Å². The van der Waals surface area contributed by atoms with Gasteiger partial charge in [-0.05, 0) is 61.0 Å². The lowest BCUT2D eigenvalue weighted by Gasteiger charge is -2.10. The van der Waals surface area contributed by atoms with Gasteiger partial charge in [0.15, 0.2) is 6.61 Å². The zero-order chi connectivity index (χ0) is 19.6. The Labute approximate surface area is 164 Å². The average Bonchev–Trinajstić information content (AvgIpc) is 2.74. The van der Waals surface area contributed by atoms with Gasteiger partial charge in [-0.2, -0.15) is 0 Å². The van der Waals surface area contributed by atoms with Gasteiger partial charge in [-0.15, -0.1) is 0 Å². The van der Waals surface area contributed by atoms with E-state index in [1.807, 2.05) is 61.5 Å². The minimum absolute atomic E-state index is 0.0692. The number of hydrogen-bond acceptors (Lipinski definition) is 4. The van der Waals surface area contributed by atoms with Gasteiger partial charge in [0.05, 0.1) is 6.61 Å². The Morgan fingerprint density at radius 2 is 1.32 bits per heavy atom. The lowest BCUT2D eigenvalue weighted by Crippen LogP contribution is -2.20. The van der Waals surface area contributed by atoms with Crippen LogP contribution in [0.25, 0.3) is 0 Å². The molecule has 0 saturated carbocycles. The highest BCUT2D eigenvalue weighted by molar-refractivity contribution is 5.91. The summed E-state index contributed by atoms with van der Waals surface area (Å²) in [5.74, 6) is 1.90. The first-order valence-corrected chi connectivity index (χ1v) is 9.15. The number of ether oxygens (including phenoxy) is 3. The highest BCUT2D eigenvalue weighted by Crippen LogP contribution is 2.19. The zero-order valence-electron chi connectivity index (χ0n) is 15.8. The Bertz CT molecular complexity index is 861. The molecule has 5 nitrogen and oxygen atoms in total. The molecule has 1 N–H and O–H groups in total. The highest BCUT2D eigenvalue weighted by atomic mass is 16.5. The largest absolute Gasteiger partial charge is 0.494 e. The molecule has 0 fully saturated rings. The van der Waals surface area contributed by atoms with E-state index in [1.54, 1.807) is 24.3 Å². The van der Waals surface area contributed by atoms with Crippen molar-refractivity contribution in [2.45, 2.75) is 13.5 Å². The van der Waals surface area contributed by atoms with Crippen molar-refractivity contribution in [3.05, 3.63) is 84.4 Å². The van der Waals surface area contributed by atoms with Crippen LogP contribution < -0.4 is 19.5 Å². The summed E-state index contributed by atoms with van der Waals surface area (Å²) in [5.41, 5.74) is 1.79. The van der Waals surface area contributed by atoms with E-state index in [2.05, 4.69) is 5.32 Å². The van der Waals surface area contributed by atoms with Crippen LogP contribution in [0.15, 0.2) is 78.9 Å². The fraction of sp³-hybridized carbons (Fsp3) is 0.174. The molecule has 0 aliphatic heterocycles. The number of carbonyl (C=O) groups excluding carboxylic acids is 1. The van der Waals surface area contributed by atoms with E-state index in [9.17, 15) is 4.79 Å². The van der Waals surface area contributed by atoms with E-state index in [0.717, 1.165) is 17.1 Å². The zero-order valence-corrected chi connectivity index (χ0v) is 15.8. The highest BCUT2D eigenvalue weighted by Gasteiger charge is 2.05. The number of amides is 1. The summed E-state index contributed by atoms with van der Waals surface area (Å²) in [5, 5.41) is 2.80. The van der Waals surface area contributed by atoms with Gasteiger partial charge in [0.2, 0.25) is 0 Å². The molecule has 0 unspecified atom stereocenters. The number of anilines is 1. The van der Waals surface area contributed by atoms with Crippen molar-refractivity contribution in [2.24, 2.45) is 0 Å². The summed E-state index contributed by atoms with van der Waals surface area (Å²) >= 11 is 0. The SMILES string of the molecule is CCOc1ccc(OCC(=O)Nc2ccc(OCc3ccccc3)cc2)cc1. The average molecular weight is 377 g/mol. The van der Waals surface area contributed by atoms with Crippen molar-refractivity contribution in [1.29, 1.82) is 0 Å². The van der Waals surface area contributed by atoms with Gasteiger partial charge in [0.25, 0.3) is 5.91 Å². The van der Waals surface area contributed by atoms with E-state index in [-0.39, 0.29) is 12.5 Å². The van der Waals surface area contributed by atoms with E-state index < -0.39 is 0 Å². The number of nitrogens with one attached hydrogen (secondary N) is 1. The van der Waals surface area contributed by atoms with Gasteiger partial charge in [-0.25, -0.2) is 0 Å². The molecule has 0 bridgehead atoms. The molecule has 3 rings (SSSR count). The molecule has 3 aromatic carbocycles. The number of rotatable bonds is 9. The van der Waals surface area contributed by atoms with Crippen LogP contribution >= 0.6 is 0 Å². The van der Waals surface area contributed by atoms with E-state index in [4.69, 9.17) is 14.2 Å². The van der Waals surface area contributed by atoms with Gasteiger partial charge in [0, 0.05) is 5.69 Å². The Morgan fingerprint density at radius 3 is 1.96 bits per heavy atom. The topological polar surface area (TPSA) is 56.8 Å². The summed E-state index contributed by atoms with van der Waals surface area (Å²) < 4.78 is 16.6. The molecule has 0 heterocycles. The Morgan fingerprint density at radius 1 is 0.750 bits per heavy atom. The maximum absolute atomic E-state index is 12.1. The lowest BCUT2D eigenvalue weighted by atomic mass is 10.2. The summed E-state index contributed by atoms with van der Waals surface area (Å²) in [6.45, 7) is 2.97. The molecular formula is C23H23NO4. The predicted octanol–water partition coefficient (Wildman–Crippen LogP) is 4.68. The van der Waals surface area contributed by atoms with Crippen molar-refractivity contribution < 1.29 is 19.0 Å². The second-order valence-electron chi connectivity index (χ2n) is 6.04. The molecule has 0 aliphatic carbocycles. The molecule has 3 aromatic rings. The molecule has 5 heteroatoms. The van der Waals surface area contributed by atoms with Gasteiger partial charge in [-0.3, -0.25) is 4.79 Å². The number of carbonyl (C=O) groups is 1. The third kappa shape index (κ3) is 6.06. The van der Waals surface area contributed by atoms with E-state index >= 15 is 0 Å². The van der Waals surface area contributed by atoms with Gasteiger partial charge < -0.3 is 19.5 Å². The molecule has 0 spiro atoms. The second kappa shape index (κ2) is 10.0. The lowest BCUT2D eigenvalue weighted by molar-refractivity contribution is -0.118. The number of hydrogen-bond donors (Lipinski definition) is 1. The van der Waals surface area contributed by atoms with Crippen LogP contribution in [0.3, 0.4) is 0 Å². The fourth-order valence-corrected chi connectivity index (χ4v) is 2.52. The Kier molecular flexibility index (Phi) is 6.90. The molecule has 0 radical (unpaired) electrons. The van der Waals surface area contributed by atoms with Crippen molar-refractivity contribution >= 4 is 11.6 Å². The normalized spacial score (nSPS) is 10.2. The summed E-state index contributed by atoms with van der Waals surface area (Å²) in [4.78, 5) is 12.1. The Hall–Kier alpha value is -3.47. The first-order chi connectivity index (χ1) is 13.7. The summed E-state index contributed by atoms with van der Waals surface area (Å²) in [7, 11) is 0. The first kappa shape index (κ1) is 19.3. The Balaban J connectivity index is 1.43. The maximum Gasteiger partial charge on any atom is 0.262 e. The van der Waals surface area contributed by atoms with Crippen molar-refractivity contribution in [3.8, 4) is 17.2 Å². The fourth-order valence-electron chi connectivity index (χ4n) is 2.52. The van der Waals surface area contributed by atoms with Crippen LogP contribution in [0.2, 0.25) is 0 Å². The standard InChI is InChI=1S/C23H23NO4/c1-2-26-20-12-14-22(15-13-20)28-17-23(25)24-19-8-10-21(11-9-19)27-16-18-6-4-3-5-7-18/h3-15H,2,16-17H2,1H3,(H,24,25). The third-order valence-corrected chi connectivity index (χ3v) is 3.89. The van der Waals surface area contributed by atoms with Gasteiger partial charge in [-0.1, -0.05) is 30.3 Å². The van der Waals surface area contributed by atoms with Gasteiger partial charge >= 0.3 is 0 Å². The van der Waals surface area contributed by atoms with Crippen LogP contribution in [0.4, 0.5) is 5.69 Å². The quantitative estimate of drug-likeness (QED) is 0.588. The van der Waals surface area contributed by atoms with Gasteiger partial charge in [0.1, 0.15) is 23.9 Å². The number of benzene rings is 3. The minimum Gasteiger partial charge on any atom is -0.494 e. The molecule has 1 amide bonds. The van der Waals surface area contributed by atoms with E-state index in [1.165, 1.54) is 0 Å². The molecule has 144 valence electrons. The summed E-state index contributed by atoms with van der Waals surface area (Å²) in [6.07, 6.45) is 0. The van der Waals surface area contributed by atoms with Crippen LogP contribution in [-0.2, 0) is 11.4 Å². The molecule has 0 saturated heterocycles. The van der Waals surface area contributed by atoms with E-state index in [0.29, 0.717) is 24.7 Å². The molecule has 0 aliphatic rings. The maximum atomic E-state index is 12.1. The molecule has 28 heavy (non-hydrogen) atoms. The summed E-state index contributed by atoms with van der Waals surface area (Å²) in [6, 6.07) is 24.4. The van der Waals surface area contributed by atoms with Crippen LogP contribution in [0, 0.1) is 0 Å². The monoisotopic (exact) mass is 377 g/mol. The molecule has 0 aromatic heterocycles. The third-order valence-electron chi connectivity index (χ3n) is 3.89.